The Labute approximate surface area is 164 Å². The van der Waals surface area contributed by atoms with Crippen LogP contribution in [0.2, 0.25) is 0 Å². The molecule has 0 amide bonds. The van der Waals surface area contributed by atoms with Gasteiger partial charge in [0.2, 0.25) is 0 Å². The van der Waals surface area contributed by atoms with Gasteiger partial charge in [0, 0.05) is 40.2 Å². The van der Waals surface area contributed by atoms with Gasteiger partial charge in [0.25, 0.3) is 0 Å². The summed E-state index contributed by atoms with van der Waals surface area (Å²) in [7, 11) is 0. The first-order chi connectivity index (χ1) is 13.7. The van der Waals surface area contributed by atoms with E-state index in [9.17, 15) is 0 Å². The quantitative estimate of drug-likeness (QED) is 0.411. The molecule has 0 saturated heterocycles. The summed E-state index contributed by atoms with van der Waals surface area (Å²) in [5, 5.41) is 17.5. The molecule has 6 N–H and O–H groups in total. The molecule has 0 atom stereocenters. The van der Waals surface area contributed by atoms with Crippen molar-refractivity contribution in [3.05, 3.63) is 76.6 Å². The van der Waals surface area contributed by atoms with E-state index in [4.69, 9.17) is 27.3 Å². The lowest BCUT2D eigenvalue weighted by molar-refractivity contribution is 0.686. The van der Waals surface area contributed by atoms with Crippen LogP contribution >= 0.6 is 0 Å². The molecule has 1 aromatic heterocycles. The van der Waals surface area contributed by atoms with E-state index in [1.807, 2.05) is 36.4 Å². The SMILES string of the molecule is N=Cc1c(N)ccc2nc(/C(=C/N)C(=N)c3ccccc3)c3c(c12)CCCC3. The maximum atomic E-state index is 8.72. The normalized spacial score (nSPS) is 13.9. The minimum absolute atomic E-state index is 0.366. The molecule has 140 valence electrons. The third-order valence-electron chi connectivity index (χ3n) is 5.44. The average molecular weight is 369 g/mol. The summed E-state index contributed by atoms with van der Waals surface area (Å²) >= 11 is 0. The van der Waals surface area contributed by atoms with Crippen molar-refractivity contribution >= 4 is 34.1 Å². The zero-order chi connectivity index (χ0) is 19.7. The number of nitrogens with two attached hydrogens (primary N) is 2. The van der Waals surface area contributed by atoms with E-state index in [0.717, 1.165) is 59.0 Å². The number of fused-ring (bicyclic) bond motifs is 3. The van der Waals surface area contributed by atoms with Gasteiger partial charge in [-0.1, -0.05) is 30.3 Å². The van der Waals surface area contributed by atoms with E-state index in [1.54, 1.807) is 6.07 Å². The summed E-state index contributed by atoms with van der Waals surface area (Å²) in [4.78, 5) is 4.91. The number of nitrogen functional groups attached to an aromatic ring is 1. The molecule has 4 rings (SSSR count). The van der Waals surface area contributed by atoms with Gasteiger partial charge in [-0.05, 0) is 48.9 Å². The highest BCUT2D eigenvalue weighted by molar-refractivity contribution is 6.30. The first-order valence-corrected chi connectivity index (χ1v) is 9.46. The Morgan fingerprint density at radius 3 is 2.39 bits per heavy atom. The molecule has 0 unspecified atom stereocenters. The molecule has 5 nitrogen and oxygen atoms in total. The number of nitrogens with one attached hydrogen (secondary N) is 2. The average Bonchev–Trinajstić information content (AvgIpc) is 2.75. The molecular weight excluding hydrogens is 346 g/mol. The largest absolute Gasteiger partial charge is 0.404 e. The second kappa shape index (κ2) is 7.27. The first kappa shape index (κ1) is 17.9. The van der Waals surface area contributed by atoms with Crippen LogP contribution in [0.15, 0.2) is 48.7 Å². The van der Waals surface area contributed by atoms with Gasteiger partial charge < -0.3 is 16.9 Å². The van der Waals surface area contributed by atoms with Crippen molar-refractivity contribution in [1.29, 1.82) is 10.8 Å². The minimum atomic E-state index is 0.366. The van der Waals surface area contributed by atoms with Gasteiger partial charge in [-0.2, -0.15) is 0 Å². The van der Waals surface area contributed by atoms with Crippen LogP contribution in [0.4, 0.5) is 5.69 Å². The number of anilines is 1. The van der Waals surface area contributed by atoms with Gasteiger partial charge in [0.15, 0.2) is 0 Å². The summed E-state index contributed by atoms with van der Waals surface area (Å²) in [6, 6.07) is 13.3. The number of hydrogen-bond donors (Lipinski definition) is 4. The summed E-state index contributed by atoms with van der Waals surface area (Å²) in [5.74, 6) is 0. The van der Waals surface area contributed by atoms with Crippen molar-refractivity contribution in [3.63, 3.8) is 0 Å². The zero-order valence-electron chi connectivity index (χ0n) is 15.6. The lowest BCUT2D eigenvalue weighted by Crippen LogP contribution is -2.15. The summed E-state index contributed by atoms with van der Waals surface area (Å²) in [5.41, 5.74) is 19.2. The molecule has 0 aliphatic heterocycles. The van der Waals surface area contributed by atoms with Crippen LogP contribution in [-0.4, -0.2) is 16.9 Å². The molecule has 28 heavy (non-hydrogen) atoms. The molecule has 2 aromatic carbocycles. The Bertz CT molecular complexity index is 1110. The molecule has 1 aliphatic carbocycles. The highest BCUT2D eigenvalue weighted by Gasteiger charge is 2.24. The summed E-state index contributed by atoms with van der Waals surface area (Å²) < 4.78 is 0. The Balaban J connectivity index is 1.98. The number of aromatic nitrogens is 1. The molecule has 0 spiro atoms. The van der Waals surface area contributed by atoms with E-state index in [-0.39, 0.29) is 0 Å². The van der Waals surface area contributed by atoms with Crippen molar-refractivity contribution in [2.45, 2.75) is 25.7 Å². The smallest absolute Gasteiger partial charge is 0.0780 e. The summed E-state index contributed by atoms with van der Waals surface area (Å²) in [6.45, 7) is 0. The molecule has 0 bridgehead atoms. The zero-order valence-corrected chi connectivity index (χ0v) is 15.6. The number of allylic oxidation sites excluding steroid dienone is 1. The van der Waals surface area contributed by atoms with Crippen molar-refractivity contribution in [1.82, 2.24) is 4.98 Å². The van der Waals surface area contributed by atoms with Crippen LogP contribution in [0.3, 0.4) is 0 Å². The van der Waals surface area contributed by atoms with E-state index in [2.05, 4.69) is 0 Å². The number of aryl methyl sites for hydroxylation is 1. The Morgan fingerprint density at radius 1 is 1.00 bits per heavy atom. The van der Waals surface area contributed by atoms with Gasteiger partial charge in [0.05, 0.1) is 16.9 Å². The fourth-order valence-electron chi connectivity index (χ4n) is 4.08. The second-order valence-corrected chi connectivity index (χ2v) is 7.05. The molecular formula is C23H23N5. The molecule has 0 fully saturated rings. The van der Waals surface area contributed by atoms with E-state index >= 15 is 0 Å². The van der Waals surface area contributed by atoms with E-state index in [1.165, 1.54) is 18.0 Å². The van der Waals surface area contributed by atoms with Crippen LogP contribution in [0.5, 0.6) is 0 Å². The molecule has 5 heteroatoms. The van der Waals surface area contributed by atoms with Crippen molar-refractivity contribution < 1.29 is 0 Å². The van der Waals surface area contributed by atoms with Crippen LogP contribution in [-0.2, 0) is 12.8 Å². The molecule has 0 saturated carbocycles. The number of hydrogen-bond acceptors (Lipinski definition) is 5. The molecule has 3 aromatic rings. The summed E-state index contributed by atoms with van der Waals surface area (Å²) in [6.07, 6.45) is 6.79. The topological polar surface area (TPSA) is 113 Å². The number of benzene rings is 2. The van der Waals surface area contributed by atoms with Crippen LogP contribution in [0, 0.1) is 10.8 Å². The van der Waals surface area contributed by atoms with E-state index < -0.39 is 0 Å². The molecule has 0 radical (unpaired) electrons. The Hall–Kier alpha value is -3.47. The third kappa shape index (κ3) is 2.85. The second-order valence-electron chi connectivity index (χ2n) is 7.05. The van der Waals surface area contributed by atoms with Gasteiger partial charge >= 0.3 is 0 Å². The number of rotatable bonds is 4. The third-order valence-corrected chi connectivity index (χ3v) is 5.44. The van der Waals surface area contributed by atoms with Gasteiger partial charge in [-0.3, -0.25) is 5.41 Å². The predicted molar refractivity (Wildman–Crippen MR) is 116 cm³/mol. The maximum Gasteiger partial charge on any atom is 0.0780 e. The number of pyridine rings is 1. The maximum absolute atomic E-state index is 8.72. The number of nitrogens with zero attached hydrogens (tertiary/aromatic N) is 1. The first-order valence-electron chi connectivity index (χ1n) is 9.46. The fourth-order valence-corrected chi connectivity index (χ4v) is 4.08. The lowest BCUT2D eigenvalue weighted by Gasteiger charge is -2.24. The van der Waals surface area contributed by atoms with Crippen molar-refractivity contribution in [2.75, 3.05) is 5.73 Å². The highest BCUT2D eigenvalue weighted by atomic mass is 14.7. The predicted octanol–water partition coefficient (Wildman–Crippen LogP) is 4.06. The van der Waals surface area contributed by atoms with E-state index in [0.29, 0.717) is 17.0 Å². The lowest BCUT2D eigenvalue weighted by atomic mass is 9.83. The Kier molecular flexibility index (Phi) is 4.65. The molecule has 1 heterocycles. The van der Waals surface area contributed by atoms with Crippen LogP contribution in [0.25, 0.3) is 16.5 Å². The Morgan fingerprint density at radius 2 is 1.71 bits per heavy atom. The van der Waals surface area contributed by atoms with Crippen LogP contribution < -0.4 is 11.5 Å². The van der Waals surface area contributed by atoms with Crippen LogP contribution in [0.1, 0.15) is 40.8 Å². The fraction of sp³-hybridized carbons (Fsp3) is 0.174. The van der Waals surface area contributed by atoms with Gasteiger partial charge in [0.1, 0.15) is 0 Å². The monoisotopic (exact) mass is 369 g/mol. The minimum Gasteiger partial charge on any atom is -0.404 e. The highest BCUT2D eigenvalue weighted by Crippen LogP contribution is 2.36. The van der Waals surface area contributed by atoms with Gasteiger partial charge in [-0.25, -0.2) is 4.98 Å². The van der Waals surface area contributed by atoms with Crippen molar-refractivity contribution in [3.8, 4) is 0 Å². The standard InChI is InChI=1S/C23H23N5/c24-12-17-19(26)10-11-20-21(17)15-8-4-5-9-16(15)23(28-20)18(13-25)22(27)14-6-2-1-3-7-14/h1-3,6-7,10-13,24,27H,4-5,8-9,25-26H2/b18-13+,24-12?,27-22?. The van der Waals surface area contributed by atoms with Gasteiger partial charge in [-0.15, -0.1) is 0 Å². The van der Waals surface area contributed by atoms with Crippen molar-refractivity contribution in [2.24, 2.45) is 5.73 Å². The molecule has 1 aliphatic rings.